The van der Waals surface area contributed by atoms with E-state index in [1.54, 1.807) is 0 Å². The van der Waals surface area contributed by atoms with Crippen LogP contribution in [0.25, 0.3) is 54.6 Å². The lowest BCUT2D eigenvalue weighted by molar-refractivity contribution is 0.866. The fourth-order valence-corrected chi connectivity index (χ4v) is 8.94. The molecule has 0 heterocycles. The zero-order valence-electron chi connectivity index (χ0n) is 34.7. The molecule has 0 N–H and O–H groups in total. The average Bonchev–Trinajstić information content (AvgIpc) is 3.30. The van der Waals surface area contributed by atoms with Crippen LogP contribution >= 0.6 is 0 Å². The van der Waals surface area contributed by atoms with Gasteiger partial charge in [-0.1, -0.05) is 173 Å². The van der Waals surface area contributed by atoms with Gasteiger partial charge in [0.2, 0.25) is 0 Å². The summed E-state index contributed by atoms with van der Waals surface area (Å²) in [6.07, 6.45) is 0. The molecule has 0 aromatic heterocycles. The fraction of sp³-hybridized carbons (Fsp3) is 0.103. The Kier molecular flexibility index (Phi) is 9.62. The zero-order chi connectivity index (χ0) is 40.7. The van der Waals surface area contributed by atoms with Crippen LogP contribution in [0.3, 0.4) is 0 Å². The van der Waals surface area contributed by atoms with E-state index in [9.17, 15) is 0 Å². The van der Waals surface area contributed by atoms with Crippen molar-refractivity contribution in [2.45, 2.75) is 39.5 Å². The largest absolute Gasteiger partial charge is 0.310 e. The summed E-state index contributed by atoms with van der Waals surface area (Å²) in [5.41, 5.74) is 14.3. The molecule has 290 valence electrons. The lowest BCUT2D eigenvalue weighted by Crippen LogP contribution is -2.12. The monoisotopic (exact) mass is 772 g/mol. The van der Waals surface area contributed by atoms with Crippen LogP contribution in [0.15, 0.2) is 206 Å². The summed E-state index contributed by atoms with van der Waals surface area (Å²) in [6.45, 7) is 9.03. The topological polar surface area (TPSA) is 6.48 Å². The van der Waals surface area contributed by atoms with E-state index in [1.165, 1.54) is 65.7 Å². The Hall–Kier alpha value is -7.16. The molecule has 0 aliphatic carbocycles. The van der Waals surface area contributed by atoms with Gasteiger partial charge in [0.15, 0.2) is 0 Å². The van der Waals surface area contributed by atoms with E-state index in [2.05, 4.69) is 244 Å². The first-order valence-corrected chi connectivity index (χ1v) is 21.2. The first kappa shape index (κ1) is 37.1. The summed E-state index contributed by atoms with van der Waals surface area (Å²) in [4.78, 5) is 4.89. The molecule has 10 aromatic carbocycles. The van der Waals surface area contributed by atoms with E-state index in [0.29, 0.717) is 11.8 Å². The third-order valence-corrected chi connectivity index (χ3v) is 12.2. The molecule has 2 nitrogen and oxygen atoms in total. The molecule has 0 radical (unpaired) electrons. The Labute approximate surface area is 354 Å². The SMILES string of the molecule is CC(C)c1ccc(N(c2cccc(-c3ccccc3)c2)c2ccc3ccc4c(N(c5ccc(C(C)C)cc5)c5cccc(-c6ccccc6)c5)ccc5ccc2c3c54)cc1. The summed E-state index contributed by atoms with van der Waals surface area (Å²) < 4.78 is 0. The van der Waals surface area contributed by atoms with E-state index >= 15 is 0 Å². The van der Waals surface area contributed by atoms with Gasteiger partial charge in [0.1, 0.15) is 0 Å². The molecule has 10 rings (SSSR count). The molecule has 0 saturated carbocycles. The van der Waals surface area contributed by atoms with E-state index in [-0.39, 0.29) is 0 Å². The standard InChI is InChI=1S/C58H48N2/c1-39(2)41-21-29-49(30-22-41)59(51-19-11-17-47(37-51)43-13-7-5-8-14-43)55-35-27-45-26-34-54-56(36-28-46-25-33-53(55)57(45)58(46)54)60(50-31-23-42(24-32-50)40(3)4)52-20-12-18-48(38-52)44-15-9-6-10-16-44/h5-40H,1-4H3. The van der Waals surface area contributed by atoms with Crippen LogP contribution in [0, 0.1) is 0 Å². The van der Waals surface area contributed by atoms with Crippen LogP contribution in [0.5, 0.6) is 0 Å². The molecule has 0 unspecified atom stereocenters. The van der Waals surface area contributed by atoms with Gasteiger partial charge < -0.3 is 9.80 Å². The maximum absolute atomic E-state index is 2.45. The molecule has 0 amide bonds. The minimum atomic E-state index is 0.450. The second kappa shape index (κ2) is 15.5. The van der Waals surface area contributed by atoms with Crippen molar-refractivity contribution in [1.82, 2.24) is 0 Å². The third-order valence-electron chi connectivity index (χ3n) is 12.2. The number of anilines is 6. The predicted molar refractivity (Wildman–Crippen MR) is 259 cm³/mol. The quantitative estimate of drug-likeness (QED) is 0.128. The van der Waals surface area contributed by atoms with Gasteiger partial charge >= 0.3 is 0 Å². The molecule has 0 atom stereocenters. The van der Waals surface area contributed by atoms with Gasteiger partial charge in [-0.25, -0.2) is 0 Å². The number of nitrogens with zero attached hydrogens (tertiary/aromatic N) is 2. The lowest BCUT2D eigenvalue weighted by atomic mass is 9.91. The molecule has 0 aliphatic heterocycles. The minimum absolute atomic E-state index is 0.450. The highest BCUT2D eigenvalue weighted by atomic mass is 15.1. The summed E-state index contributed by atoms with van der Waals surface area (Å²) >= 11 is 0. The fourth-order valence-electron chi connectivity index (χ4n) is 8.94. The Morgan fingerprint density at radius 1 is 0.300 bits per heavy atom. The van der Waals surface area contributed by atoms with Crippen molar-refractivity contribution in [3.05, 3.63) is 217 Å². The van der Waals surface area contributed by atoms with Gasteiger partial charge in [-0.15, -0.1) is 0 Å². The third kappa shape index (κ3) is 6.74. The maximum atomic E-state index is 2.45. The zero-order valence-corrected chi connectivity index (χ0v) is 34.7. The van der Waals surface area contributed by atoms with Crippen LogP contribution in [-0.2, 0) is 0 Å². The van der Waals surface area contributed by atoms with Crippen LogP contribution in [0.2, 0.25) is 0 Å². The predicted octanol–water partition coefficient (Wildman–Crippen LogP) is 17.1. The van der Waals surface area contributed by atoms with E-state index in [4.69, 9.17) is 0 Å². The highest BCUT2D eigenvalue weighted by Gasteiger charge is 2.22. The second-order valence-corrected chi connectivity index (χ2v) is 16.6. The Bertz CT molecular complexity index is 2860. The van der Waals surface area contributed by atoms with E-state index in [0.717, 1.165) is 34.1 Å². The average molecular weight is 773 g/mol. The van der Waals surface area contributed by atoms with E-state index < -0.39 is 0 Å². The highest BCUT2D eigenvalue weighted by Crippen LogP contribution is 2.48. The van der Waals surface area contributed by atoms with Gasteiger partial charge in [0.05, 0.1) is 11.4 Å². The van der Waals surface area contributed by atoms with Gasteiger partial charge in [0, 0.05) is 33.5 Å². The Balaban J connectivity index is 1.19. The molecular formula is C58H48N2. The molecule has 0 bridgehead atoms. The van der Waals surface area contributed by atoms with Gasteiger partial charge in [-0.05, 0) is 127 Å². The van der Waals surface area contributed by atoms with Crippen molar-refractivity contribution >= 4 is 66.4 Å². The normalized spacial score (nSPS) is 11.6. The molecule has 10 aromatic rings. The molecule has 0 saturated heterocycles. The lowest BCUT2D eigenvalue weighted by Gasteiger charge is -2.30. The van der Waals surface area contributed by atoms with Gasteiger partial charge in [-0.3, -0.25) is 0 Å². The molecule has 60 heavy (non-hydrogen) atoms. The van der Waals surface area contributed by atoms with Crippen LogP contribution in [0.4, 0.5) is 34.1 Å². The summed E-state index contributed by atoms with van der Waals surface area (Å²) in [5.74, 6) is 0.900. The molecular weight excluding hydrogens is 725 g/mol. The van der Waals surface area contributed by atoms with Crippen LogP contribution in [-0.4, -0.2) is 0 Å². The summed E-state index contributed by atoms with van der Waals surface area (Å²) in [5, 5.41) is 7.47. The van der Waals surface area contributed by atoms with Gasteiger partial charge in [-0.2, -0.15) is 0 Å². The van der Waals surface area contributed by atoms with Crippen molar-refractivity contribution in [2.75, 3.05) is 9.80 Å². The number of hydrogen-bond donors (Lipinski definition) is 0. The van der Waals surface area contributed by atoms with Crippen molar-refractivity contribution in [2.24, 2.45) is 0 Å². The smallest absolute Gasteiger partial charge is 0.0540 e. The van der Waals surface area contributed by atoms with E-state index in [1.807, 2.05) is 0 Å². The van der Waals surface area contributed by atoms with Crippen molar-refractivity contribution < 1.29 is 0 Å². The minimum Gasteiger partial charge on any atom is -0.310 e. The van der Waals surface area contributed by atoms with Crippen LogP contribution < -0.4 is 9.80 Å². The number of hydrogen-bond acceptors (Lipinski definition) is 2. The van der Waals surface area contributed by atoms with Crippen LogP contribution in [0.1, 0.15) is 50.7 Å². The maximum Gasteiger partial charge on any atom is 0.0540 e. The summed E-state index contributed by atoms with van der Waals surface area (Å²) in [6, 6.07) is 76.1. The number of rotatable bonds is 10. The second-order valence-electron chi connectivity index (χ2n) is 16.6. The molecule has 0 spiro atoms. The van der Waals surface area contributed by atoms with Crippen molar-refractivity contribution in [3.63, 3.8) is 0 Å². The Morgan fingerprint density at radius 3 is 1.05 bits per heavy atom. The first-order valence-electron chi connectivity index (χ1n) is 21.2. The highest BCUT2D eigenvalue weighted by molar-refractivity contribution is 6.28. The Morgan fingerprint density at radius 2 is 0.667 bits per heavy atom. The molecule has 0 aliphatic rings. The van der Waals surface area contributed by atoms with Crippen molar-refractivity contribution in [3.8, 4) is 22.3 Å². The van der Waals surface area contributed by atoms with Crippen molar-refractivity contribution in [1.29, 1.82) is 0 Å². The molecule has 2 heteroatoms. The van der Waals surface area contributed by atoms with Gasteiger partial charge in [0.25, 0.3) is 0 Å². The first-order chi connectivity index (χ1) is 29.4. The molecule has 0 fully saturated rings. The number of benzene rings is 10. The summed E-state index contributed by atoms with van der Waals surface area (Å²) in [7, 11) is 0.